The molecule has 3 rings (SSSR count). The van der Waals surface area contributed by atoms with Gasteiger partial charge in [-0.3, -0.25) is 0 Å². The molecule has 0 unspecified atom stereocenters. The lowest BCUT2D eigenvalue weighted by atomic mass is 10.2. The molecule has 7 nitrogen and oxygen atoms in total. The first-order valence-electron chi connectivity index (χ1n) is 7.64. The van der Waals surface area contributed by atoms with E-state index in [4.69, 9.17) is 4.74 Å². The first-order chi connectivity index (χ1) is 11.1. The molecule has 0 bridgehead atoms. The first kappa shape index (κ1) is 15.5. The van der Waals surface area contributed by atoms with E-state index in [2.05, 4.69) is 10.1 Å². The molecule has 0 N–H and O–H groups in total. The van der Waals surface area contributed by atoms with Gasteiger partial charge in [-0.25, -0.2) is 14.5 Å². The molecule has 1 aromatic heterocycles. The average molecular weight is 315 g/mol. The Kier molecular flexibility index (Phi) is 4.57. The Morgan fingerprint density at radius 2 is 2.13 bits per heavy atom. The van der Waals surface area contributed by atoms with Gasteiger partial charge in [0.1, 0.15) is 12.4 Å². The molecular formula is C16H21N5O2. The molecule has 0 aliphatic carbocycles. The molecule has 1 atom stereocenters. The fourth-order valence-electron chi connectivity index (χ4n) is 2.61. The number of amides is 2. The van der Waals surface area contributed by atoms with Crippen LogP contribution in [-0.2, 0) is 11.3 Å². The second kappa shape index (κ2) is 6.78. The number of carbonyl (C=O) groups is 1. The Bertz CT molecular complexity index is 656. The fraction of sp³-hybridized carbons (Fsp3) is 0.438. The zero-order valence-electron chi connectivity index (χ0n) is 13.4. The molecule has 1 aromatic carbocycles. The normalized spacial score (nSPS) is 18.0. The van der Waals surface area contributed by atoms with Crippen LogP contribution in [0.25, 0.3) is 0 Å². The minimum atomic E-state index is -0.240. The van der Waals surface area contributed by atoms with Crippen LogP contribution in [0.5, 0.6) is 0 Å². The average Bonchev–Trinajstić information content (AvgIpc) is 3.03. The highest BCUT2D eigenvalue weighted by molar-refractivity contribution is 5.74. The molecule has 1 saturated heterocycles. The third-order valence-electron chi connectivity index (χ3n) is 3.80. The van der Waals surface area contributed by atoms with Gasteiger partial charge in [-0.15, -0.1) is 0 Å². The highest BCUT2D eigenvalue weighted by Crippen LogP contribution is 2.22. The molecular weight excluding hydrogens is 294 g/mol. The second-order valence-corrected chi connectivity index (χ2v) is 5.75. The van der Waals surface area contributed by atoms with E-state index >= 15 is 0 Å². The number of carbonyl (C=O) groups excluding carboxylic acids is 1. The summed E-state index contributed by atoms with van der Waals surface area (Å²) in [5, 5.41) is 4.53. The number of ether oxygens (including phenoxy) is 1. The molecule has 0 radical (unpaired) electrons. The molecule has 1 aliphatic rings. The van der Waals surface area contributed by atoms with Crippen molar-refractivity contribution in [1.29, 1.82) is 0 Å². The van der Waals surface area contributed by atoms with E-state index in [1.165, 1.54) is 0 Å². The summed E-state index contributed by atoms with van der Waals surface area (Å²) in [6, 6.07) is 9.80. The zero-order chi connectivity index (χ0) is 16.2. The van der Waals surface area contributed by atoms with Gasteiger partial charge >= 0.3 is 6.03 Å². The molecule has 0 saturated carbocycles. The Labute approximate surface area is 135 Å². The third-order valence-corrected chi connectivity index (χ3v) is 3.80. The fourth-order valence-corrected chi connectivity index (χ4v) is 2.61. The lowest BCUT2D eigenvalue weighted by Gasteiger charge is -2.35. The van der Waals surface area contributed by atoms with Crippen LogP contribution in [0.2, 0.25) is 0 Å². The maximum absolute atomic E-state index is 12.3. The maximum atomic E-state index is 12.3. The van der Waals surface area contributed by atoms with Crippen molar-refractivity contribution >= 4 is 6.03 Å². The summed E-state index contributed by atoms with van der Waals surface area (Å²) in [5.41, 5.74) is 1.16. The highest BCUT2D eigenvalue weighted by Gasteiger charge is 2.32. The van der Waals surface area contributed by atoms with Gasteiger partial charge in [-0.05, 0) is 5.56 Å². The van der Waals surface area contributed by atoms with Crippen molar-refractivity contribution in [2.24, 2.45) is 0 Å². The van der Waals surface area contributed by atoms with Crippen LogP contribution in [0.1, 0.15) is 17.4 Å². The molecule has 2 heterocycles. The van der Waals surface area contributed by atoms with Gasteiger partial charge in [0.25, 0.3) is 0 Å². The van der Waals surface area contributed by atoms with Gasteiger partial charge in [-0.2, -0.15) is 5.10 Å². The number of nitrogens with zero attached hydrogens (tertiary/aromatic N) is 5. The van der Waals surface area contributed by atoms with Crippen molar-refractivity contribution in [3.05, 3.63) is 48.0 Å². The Hall–Kier alpha value is -2.41. The summed E-state index contributed by atoms with van der Waals surface area (Å²) >= 11 is 0. The van der Waals surface area contributed by atoms with Crippen LogP contribution in [0.15, 0.2) is 36.7 Å². The van der Waals surface area contributed by atoms with Gasteiger partial charge in [0.15, 0.2) is 5.82 Å². The van der Waals surface area contributed by atoms with Gasteiger partial charge in [0, 0.05) is 20.6 Å². The number of benzene rings is 1. The molecule has 122 valence electrons. The molecule has 1 aliphatic heterocycles. The summed E-state index contributed by atoms with van der Waals surface area (Å²) in [6.07, 6.45) is 1.70. The quantitative estimate of drug-likeness (QED) is 0.858. The number of aromatic nitrogens is 3. The van der Waals surface area contributed by atoms with Gasteiger partial charge in [0.05, 0.1) is 19.8 Å². The van der Waals surface area contributed by atoms with Crippen LogP contribution >= 0.6 is 0 Å². The van der Waals surface area contributed by atoms with Crippen LogP contribution in [0.4, 0.5) is 4.79 Å². The number of rotatable bonds is 3. The molecule has 1 fully saturated rings. The number of hydrogen-bond donors (Lipinski definition) is 0. The van der Waals surface area contributed by atoms with E-state index < -0.39 is 0 Å². The molecule has 2 aromatic rings. The zero-order valence-corrected chi connectivity index (χ0v) is 13.4. The molecule has 23 heavy (non-hydrogen) atoms. The largest absolute Gasteiger partial charge is 0.377 e. The van der Waals surface area contributed by atoms with Crippen molar-refractivity contribution in [3.63, 3.8) is 0 Å². The third kappa shape index (κ3) is 3.50. The van der Waals surface area contributed by atoms with Crippen molar-refractivity contribution in [2.45, 2.75) is 12.6 Å². The summed E-state index contributed by atoms with van der Waals surface area (Å²) in [6.45, 7) is 2.17. The van der Waals surface area contributed by atoms with Crippen LogP contribution < -0.4 is 0 Å². The van der Waals surface area contributed by atoms with E-state index in [0.717, 1.165) is 5.56 Å². The standard InChI is InChI=1S/C16H21N5O2/c1-19(2)16(22)21-8-9-23-11-14(21)15-17-12-20(18-15)10-13-6-4-3-5-7-13/h3-7,12,14H,8-11H2,1-2H3/t14-/m0/s1. The number of morpholine rings is 1. The number of hydrogen-bond acceptors (Lipinski definition) is 4. The molecule has 0 spiro atoms. The second-order valence-electron chi connectivity index (χ2n) is 5.75. The van der Waals surface area contributed by atoms with Crippen molar-refractivity contribution in [1.82, 2.24) is 24.6 Å². The summed E-state index contributed by atoms with van der Waals surface area (Å²) < 4.78 is 7.31. The Morgan fingerprint density at radius 3 is 2.87 bits per heavy atom. The van der Waals surface area contributed by atoms with Crippen molar-refractivity contribution in [3.8, 4) is 0 Å². The highest BCUT2D eigenvalue weighted by atomic mass is 16.5. The monoisotopic (exact) mass is 315 g/mol. The SMILES string of the molecule is CN(C)C(=O)N1CCOC[C@H]1c1ncn(Cc2ccccc2)n1. The van der Waals surface area contributed by atoms with Crippen molar-refractivity contribution in [2.75, 3.05) is 33.9 Å². The van der Waals surface area contributed by atoms with Crippen LogP contribution in [0.3, 0.4) is 0 Å². The predicted octanol–water partition coefficient (Wildman–Crippen LogP) is 1.38. The first-order valence-corrected chi connectivity index (χ1v) is 7.64. The Balaban J connectivity index is 1.76. The lowest BCUT2D eigenvalue weighted by molar-refractivity contribution is 0.00302. The molecule has 7 heteroatoms. The lowest BCUT2D eigenvalue weighted by Crippen LogP contribution is -2.48. The summed E-state index contributed by atoms with van der Waals surface area (Å²) in [4.78, 5) is 20.0. The van der Waals surface area contributed by atoms with E-state index in [-0.39, 0.29) is 12.1 Å². The van der Waals surface area contributed by atoms with Crippen LogP contribution in [0, 0.1) is 0 Å². The predicted molar refractivity (Wildman–Crippen MR) is 84.9 cm³/mol. The summed E-state index contributed by atoms with van der Waals surface area (Å²) in [5.74, 6) is 0.621. The topological polar surface area (TPSA) is 63.5 Å². The number of urea groups is 1. The van der Waals surface area contributed by atoms with E-state index in [9.17, 15) is 4.79 Å². The maximum Gasteiger partial charge on any atom is 0.320 e. The van der Waals surface area contributed by atoms with E-state index in [0.29, 0.717) is 32.1 Å². The minimum Gasteiger partial charge on any atom is -0.377 e. The van der Waals surface area contributed by atoms with Gasteiger partial charge in [0.2, 0.25) is 0 Å². The van der Waals surface area contributed by atoms with E-state index in [1.807, 2.05) is 30.3 Å². The van der Waals surface area contributed by atoms with Gasteiger partial charge < -0.3 is 14.5 Å². The van der Waals surface area contributed by atoms with Crippen molar-refractivity contribution < 1.29 is 9.53 Å². The van der Waals surface area contributed by atoms with Crippen LogP contribution in [-0.4, -0.2) is 64.4 Å². The Morgan fingerprint density at radius 1 is 1.35 bits per heavy atom. The van der Waals surface area contributed by atoms with E-state index in [1.54, 1.807) is 34.9 Å². The summed E-state index contributed by atoms with van der Waals surface area (Å²) in [7, 11) is 3.49. The van der Waals surface area contributed by atoms with Gasteiger partial charge in [-0.1, -0.05) is 30.3 Å². The smallest absolute Gasteiger partial charge is 0.320 e. The minimum absolute atomic E-state index is 0.0438. The molecule has 2 amide bonds.